The molecule has 2 rings (SSSR count). The molecular weight excluding hydrogens is 314 g/mol. The van der Waals surface area contributed by atoms with Gasteiger partial charge in [-0.2, -0.15) is 0 Å². The van der Waals surface area contributed by atoms with E-state index in [2.05, 4.69) is 0 Å². The van der Waals surface area contributed by atoms with E-state index >= 15 is 0 Å². The average Bonchev–Trinajstić information content (AvgIpc) is 2.48. The maximum absolute atomic E-state index is 12.2. The lowest BCUT2D eigenvalue weighted by atomic mass is 9.85. The molecule has 0 spiro atoms. The van der Waals surface area contributed by atoms with E-state index in [-0.39, 0.29) is 11.7 Å². The fourth-order valence-electron chi connectivity index (χ4n) is 2.87. The van der Waals surface area contributed by atoms with Crippen LogP contribution in [0.2, 0.25) is 5.02 Å². The van der Waals surface area contributed by atoms with Gasteiger partial charge in [0.25, 0.3) is 0 Å². The van der Waals surface area contributed by atoms with Crippen LogP contribution < -0.4 is 0 Å². The van der Waals surface area contributed by atoms with E-state index in [0.29, 0.717) is 13.1 Å². The number of rotatable bonds is 3. The van der Waals surface area contributed by atoms with Gasteiger partial charge in [-0.25, -0.2) is 4.79 Å². The minimum atomic E-state index is -0.468. The number of benzene rings is 1. The van der Waals surface area contributed by atoms with E-state index in [1.54, 1.807) is 12.0 Å². The molecule has 1 aromatic carbocycles. The van der Waals surface area contributed by atoms with Gasteiger partial charge in [-0.05, 0) is 45.2 Å². The van der Waals surface area contributed by atoms with Gasteiger partial charge in [-0.3, -0.25) is 0 Å². The smallest absolute Gasteiger partial charge is 0.410 e. The summed E-state index contributed by atoms with van der Waals surface area (Å²) in [4.78, 5) is 13.9. The van der Waals surface area contributed by atoms with Gasteiger partial charge in [0, 0.05) is 31.6 Å². The molecule has 23 heavy (non-hydrogen) atoms. The molecule has 4 nitrogen and oxygen atoms in total. The van der Waals surface area contributed by atoms with Crippen LogP contribution in [0.5, 0.6) is 0 Å². The van der Waals surface area contributed by atoms with Crippen LogP contribution in [0.1, 0.15) is 39.2 Å². The van der Waals surface area contributed by atoms with Crippen LogP contribution in [0.15, 0.2) is 24.3 Å². The highest BCUT2D eigenvalue weighted by atomic mass is 35.5. The summed E-state index contributed by atoms with van der Waals surface area (Å²) in [5, 5.41) is 0.762. The van der Waals surface area contributed by atoms with Gasteiger partial charge in [0.1, 0.15) is 5.60 Å². The first-order chi connectivity index (χ1) is 10.7. The van der Waals surface area contributed by atoms with Gasteiger partial charge in [-0.1, -0.05) is 29.8 Å². The number of likely N-dealkylation sites (tertiary alicyclic amines) is 1. The fraction of sp³-hybridized carbons (Fsp3) is 0.611. The van der Waals surface area contributed by atoms with Gasteiger partial charge in [0.15, 0.2) is 0 Å². The zero-order valence-corrected chi connectivity index (χ0v) is 15.2. The van der Waals surface area contributed by atoms with Crippen molar-refractivity contribution in [3.8, 4) is 0 Å². The molecule has 0 saturated carbocycles. The summed E-state index contributed by atoms with van der Waals surface area (Å²) < 4.78 is 11.3. The lowest BCUT2D eigenvalue weighted by Gasteiger charge is -2.41. The molecule has 0 atom stereocenters. The molecule has 128 valence electrons. The van der Waals surface area contributed by atoms with Gasteiger partial charge in [0.2, 0.25) is 0 Å². The summed E-state index contributed by atoms with van der Waals surface area (Å²) in [7, 11) is 1.74. The van der Waals surface area contributed by atoms with E-state index in [9.17, 15) is 4.79 Å². The van der Waals surface area contributed by atoms with Crippen LogP contribution in [0.25, 0.3) is 0 Å². The first-order valence-electron chi connectivity index (χ1n) is 8.01. The second-order valence-electron chi connectivity index (χ2n) is 7.12. The van der Waals surface area contributed by atoms with Crippen LogP contribution in [-0.2, 0) is 15.9 Å². The Morgan fingerprint density at radius 2 is 1.87 bits per heavy atom. The van der Waals surface area contributed by atoms with Crippen LogP contribution >= 0.6 is 11.6 Å². The zero-order valence-electron chi connectivity index (χ0n) is 14.4. The van der Waals surface area contributed by atoms with Crippen LogP contribution in [0.4, 0.5) is 4.79 Å². The Bertz CT molecular complexity index is 545. The number of piperidine rings is 1. The molecule has 1 aliphatic rings. The monoisotopic (exact) mass is 339 g/mol. The molecule has 0 N–H and O–H groups in total. The highest BCUT2D eigenvalue weighted by Gasteiger charge is 2.37. The molecule has 0 aliphatic carbocycles. The standard InChI is InChI=1S/C18H26ClNO3/c1-17(2,3)23-16(21)20-11-9-18(22-4,10-12-20)13-14-7-5-6-8-15(14)19/h5-8H,9-13H2,1-4H3. The summed E-state index contributed by atoms with van der Waals surface area (Å²) in [6.07, 6.45) is 2.05. The average molecular weight is 340 g/mol. The molecule has 0 bridgehead atoms. The quantitative estimate of drug-likeness (QED) is 0.824. The third-order valence-corrected chi connectivity index (χ3v) is 4.60. The molecule has 1 saturated heterocycles. The number of hydrogen-bond acceptors (Lipinski definition) is 3. The number of carbonyl (C=O) groups excluding carboxylic acids is 1. The number of ether oxygens (including phenoxy) is 2. The molecule has 1 amide bonds. The minimum Gasteiger partial charge on any atom is -0.444 e. The van der Waals surface area contributed by atoms with Crippen molar-refractivity contribution >= 4 is 17.7 Å². The van der Waals surface area contributed by atoms with Gasteiger partial charge in [0.05, 0.1) is 5.60 Å². The summed E-state index contributed by atoms with van der Waals surface area (Å²) in [6.45, 7) is 6.91. The molecule has 5 heteroatoms. The number of hydrogen-bond donors (Lipinski definition) is 0. The van der Waals surface area contributed by atoms with Crippen molar-refractivity contribution in [3.05, 3.63) is 34.9 Å². The highest BCUT2D eigenvalue weighted by Crippen LogP contribution is 2.32. The third-order valence-electron chi connectivity index (χ3n) is 4.23. The minimum absolute atomic E-state index is 0.250. The van der Waals surface area contributed by atoms with Crippen LogP contribution in [0, 0.1) is 0 Å². The first-order valence-corrected chi connectivity index (χ1v) is 8.39. The van der Waals surface area contributed by atoms with E-state index in [4.69, 9.17) is 21.1 Å². The number of carbonyl (C=O) groups is 1. The number of methoxy groups -OCH3 is 1. The topological polar surface area (TPSA) is 38.8 Å². The molecule has 1 aromatic rings. The number of amides is 1. The fourth-order valence-corrected chi connectivity index (χ4v) is 3.07. The van der Waals surface area contributed by atoms with Crippen molar-refractivity contribution in [1.29, 1.82) is 0 Å². The van der Waals surface area contributed by atoms with Gasteiger partial charge < -0.3 is 14.4 Å². The normalized spacial score (nSPS) is 17.9. The van der Waals surface area contributed by atoms with Gasteiger partial charge in [-0.15, -0.1) is 0 Å². The van der Waals surface area contributed by atoms with Crippen molar-refractivity contribution in [2.75, 3.05) is 20.2 Å². The van der Waals surface area contributed by atoms with E-state index in [1.807, 2.05) is 45.0 Å². The van der Waals surface area contributed by atoms with Crippen molar-refractivity contribution in [1.82, 2.24) is 4.90 Å². The third kappa shape index (κ3) is 4.85. The molecule has 1 heterocycles. The van der Waals surface area contributed by atoms with E-state index in [0.717, 1.165) is 29.8 Å². The SMILES string of the molecule is COC1(Cc2ccccc2Cl)CCN(C(=O)OC(C)(C)C)CC1. The molecule has 0 radical (unpaired) electrons. The Labute approximate surface area is 143 Å². The predicted octanol–water partition coefficient (Wildman–Crippen LogP) is 4.30. The Hall–Kier alpha value is -1.26. The highest BCUT2D eigenvalue weighted by molar-refractivity contribution is 6.31. The van der Waals surface area contributed by atoms with E-state index < -0.39 is 5.60 Å². The number of halogens is 1. The molecule has 1 aliphatic heterocycles. The van der Waals surface area contributed by atoms with Crippen LogP contribution in [0.3, 0.4) is 0 Å². The van der Waals surface area contributed by atoms with Crippen molar-refractivity contribution in [2.45, 2.75) is 51.2 Å². The maximum atomic E-state index is 12.2. The summed E-state index contributed by atoms with van der Waals surface area (Å²) in [5.41, 5.74) is 0.343. The Balaban J connectivity index is 2.00. The largest absolute Gasteiger partial charge is 0.444 e. The van der Waals surface area contributed by atoms with Crippen molar-refractivity contribution < 1.29 is 14.3 Å². The molecule has 1 fully saturated rings. The summed E-state index contributed by atoms with van der Waals surface area (Å²) in [6, 6.07) is 7.84. The Morgan fingerprint density at radius 1 is 1.26 bits per heavy atom. The Kier molecular flexibility index (Phi) is 5.58. The Morgan fingerprint density at radius 3 is 2.39 bits per heavy atom. The molecular formula is C18H26ClNO3. The lowest BCUT2D eigenvalue weighted by Crippen LogP contribution is -2.49. The first kappa shape index (κ1) is 18.1. The summed E-state index contributed by atoms with van der Waals surface area (Å²) in [5.74, 6) is 0. The van der Waals surface area contributed by atoms with Crippen molar-refractivity contribution in [3.63, 3.8) is 0 Å². The summed E-state index contributed by atoms with van der Waals surface area (Å²) >= 11 is 6.27. The lowest BCUT2D eigenvalue weighted by molar-refractivity contribution is -0.0597. The predicted molar refractivity (Wildman–Crippen MR) is 91.9 cm³/mol. The van der Waals surface area contributed by atoms with E-state index in [1.165, 1.54) is 0 Å². The molecule has 0 unspecified atom stereocenters. The van der Waals surface area contributed by atoms with Crippen molar-refractivity contribution in [2.24, 2.45) is 0 Å². The van der Waals surface area contributed by atoms with Gasteiger partial charge >= 0.3 is 6.09 Å². The van der Waals surface area contributed by atoms with Crippen LogP contribution in [-0.4, -0.2) is 42.4 Å². The number of nitrogens with zero attached hydrogens (tertiary/aromatic N) is 1. The molecule has 0 aromatic heterocycles. The second kappa shape index (κ2) is 7.10. The second-order valence-corrected chi connectivity index (χ2v) is 7.53. The maximum Gasteiger partial charge on any atom is 0.410 e. The zero-order chi connectivity index (χ0) is 17.1.